The lowest BCUT2D eigenvalue weighted by Gasteiger charge is -2.32. The number of aromatic nitrogens is 1. The number of aliphatic carboxylic acids is 1. The Balaban J connectivity index is 1.83. The van der Waals surface area contributed by atoms with Crippen LogP contribution in [0.2, 0.25) is 0 Å². The van der Waals surface area contributed by atoms with Crippen molar-refractivity contribution in [2.75, 3.05) is 7.11 Å². The Labute approximate surface area is 108 Å². The highest BCUT2D eigenvalue weighted by Crippen LogP contribution is 2.27. The van der Waals surface area contributed by atoms with Gasteiger partial charge in [0, 0.05) is 18.5 Å². The molecule has 1 fully saturated rings. The number of amides is 1. The van der Waals surface area contributed by atoms with Crippen LogP contribution in [0.4, 0.5) is 0 Å². The Bertz CT molecular complexity index is 454. The first kappa shape index (κ1) is 13.0. The second-order valence-electron chi connectivity index (χ2n) is 4.24. The van der Waals surface area contributed by atoms with Gasteiger partial charge < -0.3 is 15.2 Å². The normalized spacial score (nSPS) is 22.3. The first-order valence-electron chi connectivity index (χ1n) is 5.57. The average molecular weight is 270 g/mol. The van der Waals surface area contributed by atoms with E-state index < -0.39 is 5.97 Å². The van der Waals surface area contributed by atoms with E-state index in [-0.39, 0.29) is 17.9 Å². The van der Waals surface area contributed by atoms with Gasteiger partial charge in [-0.2, -0.15) is 0 Å². The van der Waals surface area contributed by atoms with Crippen molar-refractivity contribution in [2.24, 2.45) is 5.92 Å². The second kappa shape index (κ2) is 5.45. The Hall–Kier alpha value is -1.47. The molecule has 2 rings (SSSR count). The number of hydrogen-bond donors (Lipinski definition) is 2. The molecule has 7 heteroatoms. The van der Waals surface area contributed by atoms with Crippen LogP contribution in [0.25, 0.3) is 0 Å². The fourth-order valence-electron chi connectivity index (χ4n) is 1.80. The quantitative estimate of drug-likeness (QED) is 0.829. The number of nitrogens with one attached hydrogen (secondary N) is 1. The minimum absolute atomic E-state index is 0.0498. The van der Waals surface area contributed by atoms with Crippen LogP contribution in [0.5, 0.6) is 0 Å². The van der Waals surface area contributed by atoms with Crippen LogP contribution < -0.4 is 5.32 Å². The van der Waals surface area contributed by atoms with Gasteiger partial charge in [-0.05, 0) is 12.8 Å². The molecule has 1 aliphatic carbocycles. The third-order valence-electron chi connectivity index (χ3n) is 2.87. The fourth-order valence-corrected chi connectivity index (χ4v) is 2.55. The molecule has 1 aromatic rings. The van der Waals surface area contributed by atoms with Crippen LogP contribution in [0, 0.1) is 5.92 Å². The highest BCUT2D eigenvalue weighted by molar-refractivity contribution is 7.09. The summed E-state index contributed by atoms with van der Waals surface area (Å²) in [5.41, 5.74) is 0.367. The molecular weight excluding hydrogens is 256 g/mol. The zero-order valence-corrected chi connectivity index (χ0v) is 10.7. The zero-order valence-electron chi connectivity index (χ0n) is 9.88. The molecule has 0 aliphatic heterocycles. The van der Waals surface area contributed by atoms with Crippen molar-refractivity contribution >= 4 is 23.2 Å². The van der Waals surface area contributed by atoms with Gasteiger partial charge in [-0.25, -0.2) is 4.98 Å². The largest absolute Gasteiger partial charge is 0.481 e. The molecule has 1 aliphatic rings. The minimum atomic E-state index is -0.795. The minimum Gasteiger partial charge on any atom is -0.481 e. The summed E-state index contributed by atoms with van der Waals surface area (Å²) in [6.45, 7) is 0.391. The van der Waals surface area contributed by atoms with E-state index in [0.717, 1.165) is 5.01 Å². The van der Waals surface area contributed by atoms with E-state index in [2.05, 4.69) is 10.3 Å². The number of methoxy groups -OCH3 is 1. The van der Waals surface area contributed by atoms with Gasteiger partial charge >= 0.3 is 5.97 Å². The van der Waals surface area contributed by atoms with Crippen LogP contribution in [0.15, 0.2) is 5.38 Å². The number of thiazole rings is 1. The third-order valence-corrected chi connectivity index (χ3v) is 3.70. The molecule has 6 nitrogen and oxygen atoms in total. The van der Waals surface area contributed by atoms with Gasteiger partial charge in [0.25, 0.3) is 5.91 Å². The van der Waals surface area contributed by atoms with E-state index in [9.17, 15) is 9.59 Å². The van der Waals surface area contributed by atoms with Gasteiger partial charge in [0.1, 0.15) is 10.7 Å². The number of nitrogens with zero attached hydrogens (tertiary/aromatic N) is 1. The molecule has 0 radical (unpaired) electrons. The predicted molar refractivity (Wildman–Crippen MR) is 64.4 cm³/mol. The molecule has 0 spiro atoms. The van der Waals surface area contributed by atoms with Crippen molar-refractivity contribution in [3.63, 3.8) is 0 Å². The molecule has 1 aromatic heterocycles. The number of carbonyl (C=O) groups is 2. The molecule has 0 saturated heterocycles. The van der Waals surface area contributed by atoms with Crippen molar-refractivity contribution in [1.82, 2.24) is 10.3 Å². The van der Waals surface area contributed by atoms with Gasteiger partial charge in [-0.15, -0.1) is 11.3 Å². The van der Waals surface area contributed by atoms with Crippen molar-refractivity contribution in [2.45, 2.75) is 25.5 Å². The molecule has 1 saturated carbocycles. The maximum absolute atomic E-state index is 11.8. The summed E-state index contributed by atoms with van der Waals surface area (Å²) in [5.74, 6) is -1.37. The maximum Gasteiger partial charge on any atom is 0.306 e. The Kier molecular flexibility index (Phi) is 3.93. The molecular formula is C11H14N2O4S. The SMILES string of the molecule is COCc1nc(C(=O)NC2CC(C(=O)O)C2)cs1. The van der Waals surface area contributed by atoms with Crippen LogP contribution in [-0.2, 0) is 16.1 Å². The van der Waals surface area contributed by atoms with E-state index in [1.807, 2.05) is 0 Å². The Morgan fingerprint density at radius 1 is 1.61 bits per heavy atom. The monoisotopic (exact) mass is 270 g/mol. The van der Waals surface area contributed by atoms with Gasteiger partial charge in [0.05, 0.1) is 12.5 Å². The Morgan fingerprint density at radius 3 is 2.94 bits per heavy atom. The van der Waals surface area contributed by atoms with Crippen molar-refractivity contribution in [1.29, 1.82) is 0 Å². The smallest absolute Gasteiger partial charge is 0.306 e. The van der Waals surface area contributed by atoms with Crippen molar-refractivity contribution in [3.05, 3.63) is 16.1 Å². The molecule has 2 N–H and O–H groups in total. The van der Waals surface area contributed by atoms with E-state index in [1.54, 1.807) is 12.5 Å². The molecule has 0 aromatic carbocycles. The van der Waals surface area contributed by atoms with Crippen LogP contribution >= 0.6 is 11.3 Å². The molecule has 18 heavy (non-hydrogen) atoms. The molecule has 0 bridgehead atoms. The van der Waals surface area contributed by atoms with E-state index in [4.69, 9.17) is 9.84 Å². The number of hydrogen-bond acceptors (Lipinski definition) is 5. The van der Waals surface area contributed by atoms with Gasteiger partial charge in [-0.1, -0.05) is 0 Å². The summed E-state index contributed by atoms with van der Waals surface area (Å²) >= 11 is 1.37. The molecule has 0 atom stereocenters. The Morgan fingerprint density at radius 2 is 2.33 bits per heavy atom. The lowest BCUT2D eigenvalue weighted by Crippen LogP contribution is -2.46. The summed E-state index contributed by atoms with van der Waals surface area (Å²) in [6.07, 6.45) is 0.992. The van der Waals surface area contributed by atoms with Crippen LogP contribution in [0.3, 0.4) is 0 Å². The highest BCUT2D eigenvalue weighted by Gasteiger charge is 2.35. The lowest BCUT2D eigenvalue weighted by molar-refractivity contribution is -0.145. The summed E-state index contributed by atoms with van der Waals surface area (Å²) < 4.78 is 4.93. The fraction of sp³-hybridized carbons (Fsp3) is 0.545. The summed E-state index contributed by atoms with van der Waals surface area (Å²) in [7, 11) is 1.57. The van der Waals surface area contributed by atoms with E-state index >= 15 is 0 Å². The second-order valence-corrected chi connectivity index (χ2v) is 5.18. The molecule has 1 amide bonds. The van der Waals surface area contributed by atoms with Gasteiger partial charge in [0.2, 0.25) is 0 Å². The number of carbonyl (C=O) groups excluding carboxylic acids is 1. The van der Waals surface area contributed by atoms with E-state index in [1.165, 1.54) is 11.3 Å². The van der Waals surface area contributed by atoms with Gasteiger partial charge in [-0.3, -0.25) is 9.59 Å². The lowest BCUT2D eigenvalue weighted by atomic mass is 9.80. The average Bonchev–Trinajstić information content (AvgIpc) is 2.71. The first-order valence-corrected chi connectivity index (χ1v) is 6.45. The summed E-state index contributed by atoms with van der Waals surface area (Å²) in [4.78, 5) is 26.5. The zero-order chi connectivity index (χ0) is 13.1. The predicted octanol–water partition coefficient (Wildman–Crippen LogP) is 0.882. The number of ether oxygens (including phenoxy) is 1. The standard InChI is InChI=1S/C11H14N2O4S/c1-17-4-9-13-8(5-18-9)10(14)12-7-2-6(3-7)11(15)16/h5-7H,2-4H2,1H3,(H,12,14)(H,15,16). The molecule has 98 valence electrons. The summed E-state index contributed by atoms with van der Waals surface area (Å²) in [5, 5.41) is 13.9. The van der Waals surface area contributed by atoms with Crippen LogP contribution in [0.1, 0.15) is 28.3 Å². The third kappa shape index (κ3) is 2.85. The van der Waals surface area contributed by atoms with Crippen molar-refractivity contribution < 1.29 is 19.4 Å². The molecule has 1 heterocycles. The number of carboxylic acid groups (broad SMARTS) is 1. The number of carboxylic acids is 1. The highest BCUT2D eigenvalue weighted by atomic mass is 32.1. The van der Waals surface area contributed by atoms with Crippen LogP contribution in [-0.4, -0.2) is 35.1 Å². The topological polar surface area (TPSA) is 88.5 Å². The molecule has 0 unspecified atom stereocenters. The van der Waals surface area contributed by atoms with Gasteiger partial charge in [0.15, 0.2) is 0 Å². The maximum atomic E-state index is 11.8. The van der Waals surface area contributed by atoms with Crippen molar-refractivity contribution in [3.8, 4) is 0 Å². The first-order chi connectivity index (χ1) is 8.60. The summed E-state index contributed by atoms with van der Waals surface area (Å²) in [6, 6.07) is -0.0498. The van der Waals surface area contributed by atoms with E-state index in [0.29, 0.717) is 25.1 Å². The number of rotatable bonds is 5.